The fourth-order valence-corrected chi connectivity index (χ4v) is 5.01. The van der Waals surface area contributed by atoms with Crippen LogP contribution >= 0.6 is 11.6 Å². The fraction of sp³-hybridized carbons (Fsp3) is 0.350. The number of hydrogen-bond acceptors (Lipinski definition) is 4. The molecule has 6 nitrogen and oxygen atoms in total. The summed E-state index contributed by atoms with van der Waals surface area (Å²) in [7, 11) is -1.98. The lowest BCUT2D eigenvalue weighted by Gasteiger charge is -2.31. The first-order chi connectivity index (χ1) is 13.4. The van der Waals surface area contributed by atoms with Crippen molar-refractivity contribution in [2.45, 2.75) is 18.6 Å². The highest BCUT2D eigenvalue weighted by molar-refractivity contribution is 7.88. The van der Waals surface area contributed by atoms with Gasteiger partial charge in [-0.3, -0.25) is 4.79 Å². The number of hydrogen-bond donors (Lipinski definition) is 1. The summed E-state index contributed by atoms with van der Waals surface area (Å²) in [6, 6.07) is 13.9. The van der Waals surface area contributed by atoms with Gasteiger partial charge in [0.2, 0.25) is 15.9 Å². The summed E-state index contributed by atoms with van der Waals surface area (Å²) in [6.45, 7) is 0.602. The molecule has 1 aliphatic rings. The molecule has 1 atom stereocenters. The average Bonchev–Trinajstić information content (AvgIpc) is 2.70. The number of carbonyl (C=O) groups is 1. The molecule has 0 unspecified atom stereocenters. The summed E-state index contributed by atoms with van der Waals surface area (Å²) >= 11 is 5.86. The number of piperidine rings is 1. The van der Waals surface area contributed by atoms with Gasteiger partial charge in [0.25, 0.3) is 0 Å². The largest absolute Gasteiger partial charge is 0.495 e. The van der Waals surface area contributed by atoms with Crippen molar-refractivity contribution in [2.24, 2.45) is 5.92 Å². The maximum atomic E-state index is 12.8. The lowest BCUT2D eigenvalue weighted by molar-refractivity contribution is -0.120. The number of sulfonamides is 1. The highest BCUT2D eigenvalue weighted by Gasteiger charge is 2.32. The molecule has 0 saturated carbocycles. The number of anilines is 1. The molecule has 0 aromatic heterocycles. The second-order valence-electron chi connectivity index (χ2n) is 6.77. The van der Waals surface area contributed by atoms with E-state index in [-0.39, 0.29) is 18.2 Å². The molecule has 0 radical (unpaired) electrons. The van der Waals surface area contributed by atoms with E-state index in [1.54, 1.807) is 36.4 Å². The predicted octanol–water partition coefficient (Wildman–Crippen LogP) is 3.53. The van der Waals surface area contributed by atoms with Crippen molar-refractivity contribution in [2.75, 3.05) is 25.5 Å². The van der Waals surface area contributed by atoms with Crippen LogP contribution in [0, 0.1) is 5.92 Å². The monoisotopic (exact) mass is 422 g/mol. The number of carbonyl (C=O) groups excluding carboxylic acids is 1. The van der Waals surface area contributed by atoms with Crippen molar-refractivity contribution in [3.05, 3.63) is 59.1 Å². The van der Waals surface area contributed by atoms with E-state index in [1.807, 2.05) is 12.1 Å². The number of nitrogens with one attached hydrogen (secondary N) is 1. The van der Waals surface area contributed by atoms with Gasteiger partial charge in [0.05, 0.1) is 24.5 Å². The van der Waals surface area contributed by atoms with Crippen LogP contribution < -0.4 is 10.1 Å². The Labute approximate surface area is 170 Å². The number of ether oxygens (including phenoxy) is 1. The molecule has 1 N–H and O–H groups in total. The van der Waals surface area contributed by atoms with Crippen LogP contribution in [0.15, 0.2) is 48.5 Å². The van der Waals surface area contributed by atoms with Crippen LogP contribution in [0.2, 0.25) is 5.02 Å². The fourth-order valence-electron chi connectivity index (χ4n) is 3.27. The SMILES string of the molecule is COc1ccccc1NC(=O)[C@@H]1CCCN(S(=O)(=O)Cc2ccc(Cl)cc2)C1. The highest BCUT2D eigenvalue weighted by Crippen LogP contribution is 2.27. The van der Waals surface area contributed by atoms with Crippen molar-refractivity contribution < 1.29 is 17.9 Å². The molecule has 1 fully saturated rings. The third kappa shape index (κ3) is 5.04. The number of methoxy groups -OCH3 is 1. The summed E-state index contributed by atoms with van der Waals surface area (Å²) in [5.41, 5.74) is 1.25. The van der Waals surface area contributed by atoms with Crippen LogP contribution in [-0.4, -0.2) is 38.8 Å². The number of halogens is 1. The quantitative estimate of drug-likeness (QED) is 0.772. The van der Waals surface area contributed by atoms with Crippen LogP contribution in [0.4, 0.5) is 5.69 Å². The summed E-state index contributed by atoms with van der Waals surface area (Å²) in [4.78, 5) is 12.7. The molecule has 0 aliphatic carbocycles. The van der Waals surface area contributed by atoms with E-state index in [1.165, 1.54) is 11.4 Å². The van der Waals surface area contributed by atoms with Gasteiger partial charge in [0.15, 0.2) is 0 Å². The number of amides is 1. The van der Waals surface area contributed by atoms with Gasteiger partial charge in [-0.15, -0.1) is 0 Å². The lowest BCUT2D eigenvalue weighted by atomic mass is 9.98. The van der Waals surface area contributed by atoms with Crippen LogP contribution in [0.3, 0.4) is 0 Å². The van der Waals surface area contributed by atoms with Crippen molar-refractivity contribution in [3.63, 3.8) is 0 Å². The molecular formula is C20H23ClN2O4S. The zero-order valence-corrected chi connectivity index (χ0v) is 17.2. The van der Waals surface area contributed by atoms with Gasteiger partial charge in [0, 0.05) is 18.1 Å². The van der Waals surface area contributed by atoms with E-state index in [4.69, 9.17) is 16.3 Å². The molecule has 150 valence electrons. The van der Waals surface area contributed by atoms with Crippen LogP contribution in [-0.2, 0) is 20.6 Å². The van der Waals surface area contributed by atoms with E-state index in [2.05, 4.69) is 5.32 Å². The van der Waals surface area contributed by atoms with E-state index in [9.17, 15) is 13.2 Å². The number of para-hydroxylation sites is 2. The Balaban J connectivity index is 1.67. The van der Waals surface area contributed by atoms with Crippen molar-refractivity contribution in [3.8, 4) is 5.75 Å². The first-order valence-corrected chi connectivity index (χ1v) is 11.0. The Morgan fingerprint density at radius 1 is 1.21 bits per heavy atom. The van der Waals surface area contributed by atoms with Gasteiger partial charge in [-0.05, 0) is 42.7 Å². The van der Waals surface area contributed by atoms with Crippen LogP contribution in [0.1, 0.15) is 18.4 Å². The second kappa shape index (κ2) is 8.94. The van der Waals surface area contributed by atoms with E-state index < -0.39 is 15.9 Å². The maximum absolute atomic E-state index is 12.8. The van der Waals surface area contributed by atoms with Gasteiger partial charge in [-0.1, -0.05) is 35.9 Å². The van der Waals surface area contributed by atoms with Crippen LogP contribution in [0.5, 0.6) is 5.75 Å². The van der Waals surface area contributed by atoms with Gasteiger partial charge in [-0.25, -0.2) is 12.7 Å². The third-order valence-corrected chi connectivity index (χ3v) is 6.84. The molecule has 1 heterocycles. The molecule has 28 heavy (non-hydrogen) atoms. The molecule has 2 aromatic carbocycles. The summed E-state index contributed by atoms with van der Waals surface area (Å²) < 4.78 is 32.3. The molecular weight excluding hydrogens is 400 g/mol. The predicted molar refractivity (Wildman–Crippen MR) is 110 cm³/mol. The standard InChI is InChI=1S/C20H23ClN2O4S/c1-27-19-7-3-2-6-18(19)22-20(24)16-5-4-12-23(13-16)28(25,26)14-15-8-10-17(21)11-9-15/h2-3,6-11,16H,4-5,12-14H2,1H3,(H,22,24)/t16-/m1/s1. The molecule has 1 amide bonds. The van der Waals surface area contributed by atoms with Gasteiger partial charge >= 0.3 is 0 Å². The van der Waals surface area contributed by atoms with Crippen molar-refractivity contribution in [1.29, 1.82) is 0 Å². The normalized spacial score (nSPS) is 17.9. The Morgan fingerprint density at radius 3 is 2.64 bits per heavy atom. The smallest absolute Gasteiger partial charge is 0.228 e. The minimum Gasteiger partial charge on any atom is -0.495 e. The number of benzene rings is 2. The zero-order valence-electron chi connectivity index (χ0n) is 15.6. The van der Waals surface area contributed by atoms with E-state index >= 15 is 0 Å². The minimum atomic E-state index is -3.52. The van der Waals surface area contributed by atoms with Crippen molar-refractivity contribution >= 4 is 33.2 Å². The first kappa shape index (κ1) is 20.6. The molecule has 8 heteroatoms. The summed E-state index contributed by atoms with van der Waals surface area (Å²) in [6.07, 6.45) is 1.29. The molecule has 0 spiro atoms. The average molecular weight is 423 g/mol. The molecule has 1 aliphatic heterocycles. The van der Waals surface area contributed by atoms with Gasteiger partial charge < -0.3 is 10.1 Å². The van der Waals surface area contributed by atoms with Gasteiger partial charge in [0.1, 0.15) is 5.75 Å². The summed E-state index contributed by atoms with van der Waals surface area (Å²) in [5.74, 6) is -0.140. The van der Waals surface area contributed by atoms with E-state index in [0.717, 1.165) is 0 Å². The van der Waals surface area contributed by atoms with Gasteiger partial charge in [-0.2, -0.15) is 0 Å². The molecule has 0 bridgehead atoms. The first-order valence-electron chi connectivity index (χ1n) is 9.05. The molecule has 2 aromatic rings. The van der Waals surface area contributed by atoms with E-state index in [0.29, 0.717) is 41.4 Å². The minimum absolute atomic E-state index is 0.106. The summed E-state index contributed by atoms with van der Waals surface area (Å²) in [5, 5.41) is 3.42. The van der Waals surface area contributed by atoms with Crippen LogP contribution in [0.25, 0.3) is 0 Å². The maximum Gasteiger partial charge on any atom is 0.228 e. The lowest BCUT2D eigenvalue weighted by Crippen LogP contribution is -2.44. The molecule has 3 rings (SSSR count). The Bertz CT molecular complexity index is 931. The number of nitrogens with zero attached hydrogens (tertiary/aromatic N) is 1. The molecule has 1 saturated heterocycles. The Hall–Kier alpha value is -2.09. The Kier molecular flexibility index (Phi) is 6.59. The topological polar surface area (TPSA) is 75.7 Å². The highest BCUT2D eigenvalue weighted by atomic mass is 35.5. The number of rotatable bonds is 6. The third-order valence-electron chi connectivity index (χ3n) is 4.78. The second-order valence-corrected chi connectivity index (χ2v) is 9.17. The van der Waals surface area contributed by atoms with Crippen molar-refractivity contribution in [1.82, 2.24) is 4.31 Å². The zero-order chi connectivity index (χ0) is 20.1. The Morgan fingerprint density at radius 2 is 1.93 bits per heavy atom.